The average Bonchev–Trinajstić information content (AvgIpc) is 1.81. The Morgan fingerprint density at radius 3 is 2.18 bits per heavy atom. The molecule has 64 valence electrons. The Morgan fingerprint density at radius 2 is 2.09 bits per heavy atom. The maximum absolute atomic E-state index is 10.1. The number of amides is 2. The number of primary amides is 1. The summed E-state index contributed by atoms with van der Waals surface area (Å²) >= 11 is 0. The number of carboxylic acids is 1. The van der Waals surface area contributed by atoms with Gasteiger partial charge in [-0.25, -0.2) is 4.79 Å². The third-order valence-corrected chi connectivity index (χ3v) is 1.03. The van der Waals surface area contributed by atoms with Gasteiger partial charge < -0.3 is 26.1 Å². The lowest BCUT2D eigenvalue weighted by atomic mass is 10.2. The molecule has 0 saturated carbocycles. The molecule has 0 aliphatic heterocycles. The van der Waals surface area contributed by atoms with Crippen LogP contribution in [0.15, 0.2) is 0 Å². The second-order valence-electron chi connectivity index (χ2n) is 2.05. The van der Waals surface area contributed by atoms with Gasteiger partial charge in [-0.3, -0.25) is 0 Å². The molecule has 2 amide bonds. The SMILES string of the molecule is C[C@@H](O)[C@@H](NC(N)=O)C(=O)[O-]. The molecule has 0 fully saturated rings. The van der Waals surface area contributed by atoms with Gasteiger partial charge >= 0.3 is 6.03 Å². The predicted molar refractivity (Wildman–Crippen MR) is 33.2 cm³/mol. The minimum absolute atomic E-state index is 1.01. The Bertz CT molecular complexity index is 168. The van der Waals surface area contributed by atoms with Crippen molar-refractivity contribution >= 4 is 12.0 Å². The highest BCUT2D eigenvalue weighted by Crippen LogP contribution is 1.89. The van der Waals surface area contributed by atoms with Crippen LogP contribution in [0.1, 0.15) is 6.92 Å². The number of carboxylic acid groups (broad SMARTS) is 1. The van der Waals surface area contributed by atoms with Crippen LogP contribution >= 0.6 is 0 Å². The molecule has 0 aliphatic rings. The van der Waals surface area contributed by atoms with Gasteiger partial charge in [-0.2, -0.15) is 0 Å². The van der Waals surface area contributed by atoms with Crippen molar-refractivity contribution in [1.82, 2.24) is 5.32 Å². The van der Waals surface area contributed by atoms with Gasteiger partial charge in [0.15, 0.2) is 0 Å². The highest BCUT2D eigenvalue weighted by atomic mass is 16.4. The van der Waals surface area contributed by atoms with E-state index in [0.717, 1.165) is 0 Å². The fourth-order valence-corrected chi connectivity index (χ4v) is 0.530. The number of hydrogen-bond acceptors (Lipinski definition) is 4. The Morgan fingerprint density at radius 1 is 1.64 bits per heavy atom. The van der Waals surface area contributed by atoms with E-state index in [1.807, 2.05) is 0 Å². The second kappa shape index (κ2) is 3.77. The van der Waals surface area contributed by atoms with Crippen LogP contribution in [0.5, 0.6) is 0 Å². The molecule has 0 aromatic carbocycles. The molecule has 2 atom stereocenters. The van der Waals surface area contributed by atoms with Crippen LogP contribution in [-0.2, 0) is 4.79 Å². The quantitative estimate of drug-likeness (QED) is 0.413. The van der Waals surface area contributed by atoms with Crippen LogP contribution in [-0.4, -0.2) is 29.3 Å². The Balaban J connectivity index is 4.12. The normalized spacial score (nSPS) is 15.1. The third-order valence-electron chi connectivity index (χ3n) is 1.03. The molecule has 0 radical (unpaired) electrons. The zero-order valence-electron chi connectivity index (χ0n) is 5.90. The summed E-state index contributed by atoms with van der Waals surface area (Å²) in [6, 6.07) is -2.47. The number of carbonyl (C=O) groups excluding carboxylic acids is 2. The van der Waals surface area contributed by atoms with Gasteiger partial charge in [0.25, 0.3) is 0 Å². The van der Waals surface area contributed by atoms with E-state index in [1.165, 1.54) is 6.92 Å². The van der Waals surface area contributed by atoms with E-state index in [4.69, 9.17) is 5.11 Å². The number of rotatable bonds is 3. The van der Waals surface area contributed by atoms with Gasteiger partial charge in [0, 0.05) is 0 Å². The summed E-state index contributed by atoms with van der Waals surface area (Å²) in [7, 11) is 0. The number of aliphatic carboxylic acids is 1. The Hall–Kier alpha value is -1.30. The van der Waals surface area contributed by atoms with Crippen LogP contribution in [0.25, 0.3) is 0 Å². The molecular weight excluding hydrogens is 152 g/mol. The molecule has 0 heterocycles. The predicted octanol–water partition coefficient (Wildman–Crippen LogP) is -2.85. The van der Waals surface area contributed by atoms with E-state index in [9.17, 15) is 14.7 Å². The molecule has 0 rings (SSSR count). The lowest BCUT2D eigenvalue weighted by Gasteiger charge is -2.20. The topological polar surface area (TPSA) is 115 Å². The van der Waals surface area contributed by atoms with Crippen LogP contribution in [0.4, 0.5) is 4.79 Å². The van der Waals surface area contributed by atoms with Crippen LogP contribution in [0.3, 0.4) is 0 Å². The van der Waals surface area contributed by atoms with Crippen molar-refractivity contribution in [2.45, 2.75) is 19.1 Å². The standard InChI is InChI=1S/C5H10N2O4/c1-2(8)3(4(9)10)7-5(6)11/h2-3,8H,1H3,(H,9,10)(H3,6,7,11)/p-1/t2-,3-/m1/s1. The van der Waals surface area contributed by atoms with Gasteiger partial charge in [0.05, 0.1) is 18.1 Å². The van der Waals surface area contributed by atoms with Crippen molar-refractivity contribution in [3.8, 4) is 0 Å². The number of nitrogens with two attached hydrogens (primary N) is 1. The van der Waals surface area contributed by atoms with E-state index < -0.39 is 24.1 Å². The first-order valence-electron chi connectivity index (χ1n) is 2.90. The number of urea groups is 1. The summed E-state index contributed by atoms with van der Waals surface area (Å²) in [5, 5.41) is 20.7. The van der Waals surface area contributed by atoms with Crippen LogP contribution < -0.4 is 16.2 Å². The molecule has 0 bridgehead atoms. The van der Waals surface area contributed by atoms with Crippen molar-refractivity contribution in [1.29, 1.82) is 0 Å². The molecule has 0 aliphatic carbocycles. The summed E-state index contributed by atoms with van der Waals surface area (Å²) in [5.41, 5.74) is 4.62. The average molecular weight is 161 g/mol. The maximum atomic E-state index is 10.1. The van der Waals surface area contributed by atoms with Gasteiger partial charge in [0.1, 0.15) is 0 Å². The smallest absolute Gasteiger partial charge is 0.312 e. The number of aliphatic hydroxyl groups excluding tert-OH is 1. The highest BCUT2D eigenvalue weighted by molar-refractivity contribution is 5.80. The molecule has 6 nitrogen and oxygen atoms in total. The molecule has 11 heavy (non-hydrogen) atoms. The van der Waals surface area contributed by atoms with E-state index in [0.29, 0.717) is 0 Å². The molecule has 0 unspecified atom stereocenters. The summed E-state index contributed by atoms with van der Waals surface area (Å²) in [6.07, 6.45) is -1.23. The number of carbonyl (C=O) groups is 2. The Labute approximate surface area is 63.0 Å². The monoisotopic (exact) mass is 161 g/mol. The fraction of sp³-hybridized carbons (Fsp3) is 0.600. The van der Waals surface area contributed by atoms with Crippen molar-refractivity contribution in [2.24, 2.45) is 5.73 Å². The second-order valence-corrected chi connectivity index (χ2v) is 2.05. The van der Waals surface area contributed by atoms with Gasteiger partial charge in [-0.15, -0.1) is 0 Å². The zero-order valence-corrected chi connectivity index (χ0v) is 5.90. The Kier molecular flexibility index (Phi) is 3.32. The lowest BCUT2D eigenvalue weighted by molar-refractivity contribution is -0.310. The fourth-order valence-electron chi connectivity index (χ4n) is 0.530. The first-order valence-corrected chi connectivity index (χ1v) is 2.90. The minimum atomic E-state index is -1.57. The van der Waals surface area contributed by atoms with Gasteiger partial charge in [0.2, 0.25) is 0 Å². The lowest BCUT2D eigenvalue weighted by Crippen LogP contribution is -2.54. The number of nitrogens with one attached hydrogen (secondary N) is 1. The minimum Gasteiger partial charge on any atom is -0.548 e. The van der Waals surface area contributed by atoms with E-state index in [2.05, 4.69) is 5.73 Å². The first-order chi connectivity index (χ1) is 4.95. The van der Waals surface area contributed by atoms with Crippen molar-refractivity contribution in [3.63, 3.8) is 0 Å². The van der Waals surface area contributed by atoms with E-state index >= 15 is 0 Å². The molecule has 0 spiro atoms. The van der Waals surface area contributed by atoms with Gasteiger partial charge in [-0.05, 0) is 6.92 Å². The van der Waals surface area contributed by atoms with E-state index in [-0.39, 0.29) is 0 Å². The number of aliphatic hydroxyl groups is 1. The van der Waals surface area contributed by atoms with Crippen molar-refractivity contribution in [3.05, 3.63) is 0 Å². The van der Waals surface area contributed by atoms with Crippen molar-refractivity contribution < 1.29 is 19.8 Å². The molecule has 4 N–H and O–H groups in total. The maximum Gasteiger partial charge on any atom is 0.312 e. The summed E-state index contributed by atoms with van der Waals surface area (Å²) in [4.78, 5) is 20.3. The van der Waals surface area contributed by atoms with Crippen LogP contribution in [0, 0.1) is 0 Å². The zero-order chi connectivity index (χ0) is 9.02. The molecule has 0 saturated heterocycles. The largest absolute Gasteiger partial charge is 0.548 e. The number of hydrogen-bond donors (Lipinski definition) is 3. The van der Waals surface area contributed by atoms with Crippen LogP contribution in [0.2, 0.25) is 0 Å². The van der Waals surface area contributed by atoms with Gasteiger partial charge in [-0.1, -0.05) is 0 Å². The summed E-state index contributed by atoms with van der Waals surface area (Å²) < 4.78 is 0. The molecular formula is C5H9N2O4-. The molecule has 6 heteroatoms. The summed E-state index contributed by atoms with van der Waals surface area (Å²) in [6.45, 7) is 1.20. The first kappa shape index (κ1) is 9.70. The van der Waals surface area contributed by atoms with Crippen molar-refractivity contribution in [2.75, 3.05) is 0 Å². The third kappa shape index (κ3) is 3.41. The molecule has 0 aromatic heterocycles. The highest BCUT2D eigenvalue weighted by Gasteiger charge is 2.16. The summed E-state index contributed by atoms with van der Waals surface area (Å²) in [5.74, 6) is -1.57. The van der Waals surface area contributed by atoms with E-state index in [1.54, 1.807) is 5.32 Å². The molecule has 0 aromatic rings.